The van der Waals surface area contributed by atoms with Gasteiger partial charge in [-0.3, -0.25) is 0 Å². The van der Waals surface area contributed by atoms with Crippen molar-refractivity contribution < 1.29 is 4.79 Å². The van der Waals surface area contributed by atoms with Gasteiger partial charge in [-0.1, -0.05) is 48.5 Å². The van der Waals surface area contributed by atoms with Gasteiger partial charge < -0.3 is 15.2 Å². The number of urea groups is 1. The van der Waals surface area contributed by atoms with Gasteiger partial charge in [0.05, 0.1) is 5.69 Å². The van der Waals surface area contributed by atoms with E-state index in [1.165, 1.54) is 5.56 Å². The Morgan fingerprint density at radius 3 is 2.61 bits per heavy atom. The van der Waals surface area contributed by atoms with E-state index >= 15 is 0 Å². The van der Waals surface area contributed by atoms with Gasteiger partial charge in [-0.2, -0.15) is 0 Å². The Balaban J connectivity index is 1.51. The largest absolute Gasteiger partial charge is 0.348 e. The molecule has 4 heteroatoms. The molecule has 23 heavy (non-hydrogen) atoms. The topological polar surface area (TPSA) is 46.1 Å². The number of hydrogen-bond acceptors (Lipinski definition) is 1. The molecule has 0 aliphatic heterocycles. The molecule has 0 unspecified atom stereocenters. The standard InChI is InChI=1S/C19H21N3O/c1-22-14-17(16-11-5-6-12-18(16)22)21-19(23)20-13-7-10-15-8-3-2-4-9-15/h2-6,8-9,11-12,14H,7,10,13H2,1H3,(H2,20,21,23). The van der Waals surface area contributed by atoms with E-state index in [9.17, 15) is 4.79 Å². The lowest BCUT2D eigenvalue weighted by Gasteiger charge is -2.07. The Bertz CT molecular complexity index is 793. The minimum atomic E-state index is -0.158. The number of aromatic nitrogens is 1. The van der Waals surface area contributed by atoms with Crippen molar-refractivity contribution >= 4 is 22.6 Å². The van der Waals surface area contributed by atoms with Crippen molar-refractivity contribution in [1.29, 1.82) is 0 Å². The van der Waals surface area contributed by atoms with E-state index in [0.717, 1.165) is 29.4 Å². The van der Waals surface area contributed by atoms with Crippen molar-refractivity contribution in [3.05, 3.63) is 66.4 Å². The molecule has 3 aromatic rings. The number of rotatable bonds is 5. The smallest absolute Gasteiger partial charge is 0.319 e. The van der Waals surface area contributed by atoms with E-state index in [2.05, 4.69) is 22.8 Å². The quantitative estimate of drug-likeness (QED) is 0.689. The second kappa shape index (κ2) is 7.01. The van der Waals surface area contributed by atoms with Crippen LogP contribution in [0, 0.1) is 0 Å². The number of carbonyl (C=O) groups is 1. The summed E-state index contributed by atoms with van der Waals surface area (Å²) >= 11 is 0. The molecule has 0 atom stereocenters. The SMILES string of the molecule is Cn1cc(NC(=O)NCCCc2ccccc2)c2ccccc21. The van der Waals surface area contributed by atoms with Crippen LogP contribution in [0.1, 0.15) is 12.0 Å². The predicted octanol–water partition coefficient (Wildman–Crippen LogP) is 3.93. The average Bonchev–Trinajstić information content (AvgIpc) is 2.89. The number of hydrogen-bond donors (Lipinski definition) is 2. The maximum Gasteiger partial charge on any atom is 0.319 e. The Morgan fingerprint density at radius 2 is 1.78 bits per heavy atom. The minimum absolute atomic E-state index is 0.158. The number of amides is 2. The van der Waals surface area contributed by atoms with Crippen LogP contribution >= 0.6 is 0 Å². The molecule has 0 saturated heterocycles. The number of anilines is 1. The maximum atomic E-state index is 12.0. The minimum Gasteiger partial charge on any atom is -0.348 e. The zero-order valence-corrected chi connectivity index (χ0v) is 13.3. The monoisotopic (exact) mass is 307 g/mol. The summed E-state index contributed by atoms with van der Waals surface area (Å²) in [7, 11) is 1.98. The van der Waals surface area contributed by atoms with Gasteiger partial charge in [0.25, 0.3) is 0 Å². The fraction of sp³-hybridized carbons (Fsp3) is 0.211. The van der Waals surface area contributed by atoms with Gasteiger partial charge >= 0.3 is 6.03 Å². The number of fused-ring (bicyclic) bond motifs is 1. The molecule has 0 radical (unpaired) electrons. The molecule has 0 spiro atoms. The molecule has 0 bridgehead atoms. The van der Waals surface area contributed by atoms with E-state index in [1.807, 2.05) is 60.3 Å². The molecule has 0 fully saturated rings. The van der Waals surface area contributed by atoms with Crippen LogP contribution in [0.2, 0.25) is 0 Å². The zero-order valence-electron chi connectivity index (χ0n) is 13.3. The van der Waals surface area contributed by atoms with E-state index in [-0.39, 0.29) is 6.03 Å². The Morgan fingerprint density at radius 1 is 1.04 bits per heavy atom. The lowest BCUT2D eigenvalue weighted by atomic mass is 10.1. The summed E-state index contributed by atoms with van der Waals surface area (Å²) in [5.41, 5.74) is 3.24. The van der Waals surface area contributed by atoms with E-state index in [1.54, 1.807) is 0 Å². The van der Waals surface area contributed by atoms with Crippen molar-refractivity contribution in [2.24, 2.45) is 7.05 Å². The van der Waals surface area contributed by atoms with Crippen molar-refractivity contribution in [2.45, 2.75) is 12.8 Å². The molecule has 2 amide bonds. The number of carbonyl (C=O) groups excluding carboxylic acids is 1. The summed E-state index contributed by atoms with van der Waals surface area (Å²) < 4.78 is 2.01. The number of aryl methyl sites for hydroxylation is 2. The molecule has 2 aromatic carbocycles. The van der Waals surface area contributed by atoms with E-state index in [0.29, 0.717) is 6.54 Å². The molecular weight excluding hydrogens is 286 g/mol. The molecule has 2 N–H and O–H groups in total. The van der Waals surface area contributed by atoms with Crippen molar-refractivity contribution in [2.75, 3.05) is 11.9 Å². The Hall–Kier alpha value is -2.75. The van der Waals surface area contributed by atoms with Crippen LogP contribution < -0.4 is 10.6 Å². The highest BCUT2D eigenvalue weighted by molar-refractivity contribution is 6.01. The molecular formula is C19H21N3O. The van der Waals surface area contributed by atoms with Crippen LogP contribution in [0.3, 0.4) is 0 Å². The predicted molar refractivity (Wildman–Crippen MR) is 94.7 cm³/mol. The zero-order chi connectivity index (χ0) is 16.1. The first-order valence-corrected chi connectivity index (χ1v) is 7.87. The number of nitrogens with one attached hydrogen (secondary N) is 2. The fourth-order valence-electron chi connectivity index (χ4n) is 2.75. The third-order valence-corrected chi connectivity index (χ3v) is 3.92. The van der Waals surface area contributed by atoms with Crippen LogP contribution in [-0.2, 0) is 13.5 Å². The molecule has 1 heterocycles. The highest BCUT2D eigenvalue weighted by Crippen LogP contribution is 2.24. The van der Waals surface area contributed by atoms with Gasteiger partial charge in [0.2, 0.25) is 0 Å². The van der Waals surface area contributed by atoms with Crippen molar-refractivity contribution in [1.82, 2.24) is 9.88 Å². The molecule has 118 valence electrons. The third-order valence-electron chi connectivity index (χ3n) is 3.92. The highest BCUT2D eigenvalue weighted by Gasteiger charge is 2.08. The highest BCUT2D eigenvalue weighted by atomic mass is 16.2. The number of para-hydroxylation sites is 1. The normalized spacial score (nSPS) is 10.7. The average molecular weight is 307 g/mol. The molecule has 1 aromatic heterocycles. The Labute approximate surface area is 136 Å². The van der Waals surface area contributed by atoms with Crippen molar-refractivity contribution in [3.63, 3.8) is 0 Å². The lowest BCUT2D eigenvalue weighted by Crippen LogP contribution is -2.29. The first kappa shape index (κ1) is 15.2. The molecule has 0 saturated carbocycles. The first-order chi connectivity index (χ1) is 11.2. The lowest BCUT2D eigenvalue weighted by molar-refractivity contribution is 0.252. The van der Waals surface area contributed by atoms with Crippen molar-refractivity contribution in [3.8, 4) is 0 Å². The molecule has 0 aliphatic rings. The van der Waals surface area contributed by atoms with Gasteiger partial charge in [0, 0.05) is 30.7 Å². The van der Waals surface area contributed by atoms with Gasteiger partial charge in [-0.25, -0.2) is 4.79 Å². The van der Waals surface area contributed by atoms with Gasteiger partial charge in [0.1, 0.15) is 0 Å². The Kier molecular flexibility index (Phi) is 4.62. The van der Waals surface area contributed by atoms with Crippen LogP contribution in [-0.4, -0.2) is 17.1 Å². The third kappa shape index (κ3) is 3.72. The van der Waals surface area contributed by atoms with Gasteiger partial charge in [-0.15, -0.1) is 0 Å². The summed E-state index contributed by atoms with van der Waals surface area (Å²) in [5.74, 6) is 0. The van der Waals surface area contributed by atoms with Crippen LogP contribution in [0.4, 0.5) is 10.5 Å². The number of benzene rings is 2. The first-order valence-electron chi connectivity index (χ1n) is 7.87. The second-order valence-corrected chi connectivity index (χ2v) is 5.64. The van der Waals surface area contributed by atoms with Crippen LogP contribution in [0.25, 0.3) is 10.9 Å². The summed E-state index contributed by atoms with van der Waals surface area (Å²) in [5, 5.41) is 6.90. The molecule has 4 nitrogen and oxygen atoms in total. The van der Waals surface area contributed by atoms with E-state index < -0.39 is 0 Å². The second-order valence-electron chi connectivity index (χ2n) is 5.64. The summed E-state index contributed by atoms with van der Waals surface area (Å²) in [6.45, 7) is 0.658. The van der Waals surface area contributed by atoms with Crippen LogP contribution in [0.5, 0.6) is 0 Å². The van der Waals surface area contributed by atoms with Crippen LogP contribution in [0.15, 0.2) is 60.8 Å². The summed E-state index contributed by atoms with van der Waals surface area (Å²) in [6.07, 6.45) is 3.83. The van der Waals surface area contributed by atoms with Gasteiger partial charge in [0.15, 0.2) is 0 Å². The molecule has 3 rings (SSSR count). The fourth-order valence-corrected chi connectivity index (χ4v) is 2.75. The molecule has 0 aliphatic carbocycles. The maximum absolute atomic E-state index is 12.0. The van der Waals surface area contributed by atoms with Gasteiger partial charge in [-0.05, 0) is 24.5 Å². The number of nitrogens with zero attached hydrogens (tertiary/aromatic N) is 1. The summed E-state index contributed by atoms with van der Waals surface area (Å²) in [4.78, 5) is 12.0. The van der Waals surface area contributed by atoms with E-state index in [4.69, 9.17) is 0 Å². The summed E-state index contributed by atoms with van der Waals surface area (Å²) in [6, 6.07) is 18.2.